The van der Waals surface area contributed by atoms with Gasteiger partial charge in [0.1, 0.15) is 54.1 Å². The molecule has 0 saturated carbocycles. The third-order valence-corrected chi connectivity index (χ3v) is 7.79. The van der Waals surface area contributed by atoms with Crippen LogP contribution in [0.2, 0.25) is 5.02 Å². The van der Waals surface area contributed by atoms with Gasteiger partial charge in [-0.3, -0.25) is 9.36 Å². The van der Waals surface area contributed by atoms with E-state index in [1.165, 1.54) is 6.92 Å². The highest BCUT2D eigenvalue weighted by molar-refractivity contribution is 9.10. The van der Waals surface area contributed by atoms with Crippen molar-refractivity contribution < 1.29 is 50.1 Å². The number of aryl methyl sites for hydroxylation is 1. The van der Waals surface area contributed by atoms with E-state index >= 15 is 0 Å². The summed E-state index contributed by atoms with van der Waals surface area (Å²) in [4.78, 5) is 13.5. The van der Waals surface area contributed by atoms with Crippen LogP contribution >= 0.6 is 27.5 Å². The number of alkyl halides is 5. The number of carbonyl (C=O) groups is 1. The lowest BCUT2D eigenvalue weighted by Gasteiger charge is -2.39. The van der Waals surface area contributed by atoms with E-state index in [9.17, 15) is 40.6 Å². The van der Waals surface area contributed by atoms with Crippen LogP contribution in [0.15, 0.2) is 41.0 Å². The fourth-order valence-corrected chi connectivity index (χ4v) is 5.26. The molecule has 240 valence electrons. The molecule has 5 rings (SSSR count). The van der Waals surface area contributed by atoms with E-state index in [1.807, 2.05) is 0 Å². The zero-order valence-electron chi connectivity index (χ0n) is 22.5. The van der Waals surface area contributed by atoms with Gasteiger partial charge in [-0.15, -0.1) is 15.3 Å². The quantitative estimate of drug-likeness (QED) is 0.189. The molecular formula is C26H19BrClF7N6O4. The number of ether oxygens (including phenoxy) is 2. The highest BCUT2D eigenvalue weighted by Crippen LogP contribution is 2.41. The van der Waals surface area contributed by atoms with Crippen LogP contribution < -0.4 is 0 Å². The molecule has 2 aromatic carbocycles. The first-order valence-electron chi connectivity index (χ1n) is 12.8. The minimum Gasteiger partial charge on any atom is -0.393 e. The number of ketones is 1. The second-order valence-corrected chi connectivity index (χ2v) is 10.9. The van der Waals surface area contributed by atoms with Crippen molar-refractivity contribution >= 4 is 33.3 Å². The van der Waals surface area contributed by atoms with Gasteiger partial charge in [-0.1, -0.05) is 16.8 Å². The molecule has 0 bridgehead atoms. The molecule has 19 heteroatoms. The maximum absolute atomic E-state index is 14.2. The van der Waals surface area contributed by atoms with Gasteiger partial charge in [0.05, 0.1) is 28.5 Å². The molecule has 0 spiro atoms. The van der Waals surface area contributed by atoms with Gasteiger partial charge in [0, 0.05) is 10.6 Å². The van der Waals surface area contributed by atoms with Crippen molar-refractivity contribution in [1.82, 2.24) is 29.8 Å². The van der Waals surface area contributed by atoms with Crippen LogP contribution in [-0.4, -0.2) is 72.5 Å². The van der Waals surface area contributed by atoms with E-state index in [2.05, 4.69) is 36.4 Å². The van der Waals surface area contributed by atoms with Crippen LogP contribution in [0, 0.1) is 18.6 Å². The predicted molar refractivity (Wildman–Crippen MR) is 144 cm³/mol. The van der Waals surface area contributed by atoms with E-state index in [0.29, 0.717) is 0 Å². The zero-order valence-corrected chi connectivity index (χ0v) is 24.9. The first-order valence-corrected chi connectivity index (χ1v) is 13.9. The van der Waals surface area contributed by atoms with E-state index in [0.717, 1.165) is 45.8 Å². The third-order valence-electron chi connectivity index (χ3n) is 6.80. The minimum atomic E-state index is -4.89. The van der Waals surface area contributed by atoms with E-state index in [1.54, 1.807) is 0 Å². The van der Waals surface area contributed by atoms with E-state index in [-0.39, 0.29) is 22.1 Å². The van der Waals surface area contributed by atoms with Gasteiger partial charge < -0.3 is 14.6 Å². The van der Waals surface area contributed by atoms with Gasteiger partial charge >= 0.3 is 6.18 Å². The number of benzene rings is 2. The monoisotopic (exact) mass is 726 g/mol. The Balaban J connectivity index is 1.66. The normalized spacial score (nSPS) is 20.8. The van der Waals surface area contributed by atoms with Crippen LogP contribution in [0.1, 0.15) is 29.4 Å². The van der Waals surface area contributed by atoms with Crippen LogP contribution in [0.4, 0.5) is 30.7 Å². The molecule has 4 aromatic rings. The minimum absolute atomic E-state index is 0.0932. The summed E-state index contributed by atoms with van der Waals surface area (Å²) in [6, 6.07) is 2.87. The largest absolute Gasteiger partial charge is 0.418 e. The zero-order chi connectivity index (χ0) is 32.8. The lowest BCUT2D eigenvalue weighted by Crippen LogP contribution is -2.52. The van der Waals surface area contributed by atoms with Gasteiger partial charge in [-0.2, -0.15) is 13.2 Å². The van der Waals surface area contributed by atoms with Gasteiger partial charge in [0.15, 0.2) is 11.6 Å². The lowest BCUT2D eigenvalue weighted by atomic mass is 9.93. The van der Waals surface area contributed by atoms with Gasteiger partial charge in [-0.05, 0) is 53.2 Å². The van der Waals surface area contributed by atoms with Gasteiger partial charge in [0.2, 0.25) is 0 Å². The predicted octanol–water partition coefficient (Wildman–Crippen LogP) is 5.44. The molecule has 0 amide bonds. The summed E-state index contributed by atoms with van der Waals surface area (Å²) in [7, 11) is 0. The second-order valence-electron chi connectivity index (χ2n) is 9.70. The molecule has 1 N–H and O–H groups in total. The van der Waals surface area contributed by atoms with Crippen molar-refractivity contribution in [3.8, 4) is 16.9 Å². The fourth-order valence-electron chi connectivity index (χ4n) is 4.86. The van der Waals surface area contributed by atoms with Crippen molar-refractivity contribution in [1.29, 1.82) is 0 Å². The molecule has 1 aliphatic heterocycles. The number of aliphatic hydroxyl groups excluding tert-OH is 1. The summed E-state index contributed by atoms with van der Waals surface area (Å²) in [5.41, 5.74) is -1.94. The summed E-state index contributed by atoms with van der Waals surface area (Å²) in [6.07, 6.45) is -12.0. The van der Waals surface area contributed by atoms with Crippen molar-refractivity contribution in [3.05, 3.63) is 74.9 Å². The molecule has 0 radical (unpaired) electrons. The number of aliphatic hydroxyl groups is 1. The maximum Gasteiger partial charge on any atom is 0.418 e. The summed E-state index contributed by atoms with van der Waals surface area (Å²) < 4.78 is 110. The molecular weight excluding hydrogens is 709 g/mol. The Bertz CT molecular complexity index is 1710. The average Bonchev–Trinajstić information content (AvgIpc) is 3.60. The van der Waals surface area contributed by atoms with Crippen LogP contribution in [0.25, 0.3) is 16.9 Å². The van der Waals surface area contributed by atoms with Crippen LogP contribution in [0.5, 0.6) is 0 Å². The Kier molecular flexibility index (Phi) is 9.33. The molecule has 4 atom stereocenters. The fraction of sp³-hybridized carbons (Fsp3) is 0.346. The summed E-state index contributed by atoms with van der Waals surface area (Å²) in [6.45, 7) is -0.904. The molecule has 1 fully saturated rings. The Morgan fingerprint density at radius 2 is 1.82 bits per heavy atom. The molecule has 1 aliphatic rings. The van der Waals surface area contributed by atoms with Crippen LogP contribution in [0.3, 0.4) is 0 Å². The SMILES string of the molecule is Cc1nnc([C@@H]2O[C@H](CO)C(=O)[C@H](n3cc(-c4cc(F)c(Br)c(F)c4)nn3)[C@H]2OCC(F)F)n1-c1cc(Cl)ccc1C(F)(F)F. The van der Waals surface area contributed by atoms with Crippen molar-refractivity contribution in [2.45, 2.75) is 43.9 Å². The second kappa shape index (κ2) is 12.7. The van der Waals surface area contributed by atoms with Crippen molar-refractivity contribution in [2.24, 2.45) is 0 Å². The smallest absolute Gasteiger partial charge is 0.393 e. The van der Waals surface area contributed by atoms with Gasteiger partial charge in [-0.25, -0.2) is 22.2 Å². The Morgan fingerprint density at radius 1 is 1.13 bits per heavy atom. The molecule has 2 aromatic heterocycles. The average molecular weight is 728 g/mol. The number of nitrogens with zero attached hydrogens (tertiary/aromatic N) is 6. The Hall–Kier alpha value is -3.45. The first kappa shape index (κ1) is 32.9. The lowest BCUT2D eigenvalue weighted by molar-refractivity contribution is -0.191. The summed E-state index contributed by atoms with van der Waals surface area (Å²) in [5.74, 6) is -3.40. The molecule has 1 saturated heterocycles. The third kappa shape index (κ3) is 6.46. The van der Waals surface area contributed by atoms with Gasteiger partial charge in [0.25, 0.3) is 6.43 Å². The Morgan fingerprint density at radius 3 is 2.44 bits per heavy atom. The number of halogens is 9. The highest BCUT2D eigenvalue weighted by atomic mass is 79.9. The molecule has 45 heavy (non-hydrogen) atoms. The highest BCUT2D eigenvalue weighted by Gasteiger charge is 2.50. The molecule has 0 unspecified atom stereocenters. The first-order chi connectivity index (χ1) is 21.2. The number of carbonyl (C=O) groups excluding carboxylic acids is 1. The van der Waals surface area contributed by atoms with Crippen molar-refractivity contribution in [2.75, 3.05) is 13.2 Å². The topological polar surface area (TPSA) is 117 Å². The van der Waals surface area contributed by atoms with Crippen molar-refractivity contribution in [3.63, 3.8) is 0 Å². The molecule has 0 aliphatic carbocycles. The number of rotatable bonds is 8. The van der Waals surface area contributed by atoms with E-state index in [4.69, 9.17) is 21.1 Å². The summed E-state index contributed by atoms with van der Waals surface area (Å²) >= 11 is 8.78. The number of aromatic nitrogens is 6. The summed E-state index contributed by atoms with van der Waals surface area (Å²) in [5, 5.41) is 25.4. The number of Topliss-reactive ketones (excluding diaryl/α,β-unsaturated/α-hetero) is 1. The van der Waals surface area contributed by atoms with Crippen LogP contribution in [-0.2, 0) is 20.4 Å². The standard InChI is InChI=1S/C26H19BrClF7N6O4/c1-10-36-38-25(41(10)17-6-12(28)2-3-13(17)26(33,34)35)24-23(44-9-19(31)32)21(22(43)18(8-42)45-24)40-7-16(37-39-40)11-4-14(29)20(27)15(30)5-11/h2-7,18-19,21,23-24,42H,8-9H2,1H3/t18-,21+,23-,24-/m1/s1. The molecule has 3 heterocycles. The Labute approximate surface area is 261 Å². The number of hydrogen-bond donors (Lipinski definition) is 1. The maximum atomic E-state index is 14.2. The molecule has 10 nitrogen and oxygen atoms in total. The van der Waals surface area contributed by atoms with E-state index < -0.39 is 89.1 Å². The number of hydrogen-bond acceptors (Lipinski definition) is 8.